The summed E-state index contributed by atoms with van der Waals surface area (Å²) in [6.45, 7) is 7.34. The van der Waals surface area contributed by atoms with Crippen LogP contribution in [0.2, 0.25) is 0 Å². The smallest absolute Gasteiger partial charge is 0.264 e. The molecule has 0 aromatic heterocycles. The van der Waals surface area contributed by atoms with Gasteiger partial charge in [0.1, 0.15) is 6.54 Å². The highest BCUT2D eigenvalue weighted by Gasteiger charge is 2.27. The zero-order valence-electron chi connectivity index (χ0n) is 17.6. The van der Waals surface area contributed by atoms with Gasteiger partial charge in [-0.05, 0) is 74.7 Å². The van der Waals surface area contributed by atoms with Crippen molar-refractivity contribution in [1.82, 2.24) is 0 Å². The lowest BCUT2D eigenvalue weighted by atomic mass is 10.1. The minimum Gasteiger partial charge on any atom is -0.324 e. The molecule has 0 radical (unpaired) electrons. The number of carbonyl (C=O) groups is 1. The number of anilines is 2. The number of hydrogen-bond acceptors (Lipinski definition) is 3. The number of amides is 1. The summed E-state index contributed by atoms with van der Waals surface area (Å²) in [6.07, 6.45) is 0. The molecule has 5 nitrogen and oxygen atoms in total. The highest BCUT2D eigenvalue weighted by Crippen LogP contribution is 2.26. The third-order valence-corrected chi connectivity index (χ3v) is 6.88. The fourth-order valence-corrected chi connectivity index (χ4v) is 4.48. The summed E-state index contributed by atoms with van der Waals surface area (Å²) < 4.78 is 28.0. The van der Waals surface area contributed by atoms with Crippen molar-refractivity contribution < 1.29 is 13.2 Å². The quantitative estimate of drug-likeness (QED) is 0.623. The molecule has 3 rings (SSSR count). The van der Waals surface area contributed by atoms with Crippen LogP contribution in [0, 0.1) is 27.7 Å². The molecular formula is C24H26N2O3S. The first-order chi connectivity index (χ1) is 14.2. The maximum Gasteiger partial charge on any atom is 0.264 e. The zero-order valence-corrected chi connectivity index (χ0v) is 18.5. The second kappa shape index (κ2) is 8.71. The molecule has 0 unspecified atom stereocenters. The van der Waals surface area contributed by atoms with E-state index in [1.165, 1.54) is 0 Å². The second-order valence-corrected chi connectivity index (χ2v) is 9.32. The van der Waals surface area contributed by atoms with Gasteiger partial charge in [-0.15, -0.1) is 0 Å². The van der Waals surface area contributed by atoms with Gasteiger partial charge in [0.2, 0.25) is 5.91 Å². The molecule has 0 atom stereocenters. The number of rotatable bonds is 6. The highest BCUT2D eigenvalue weighted by molar-refractivity contribution is 7.92. The van der Waals surface area contributed by atoms with E-state index in [4.69, 9.17) is 0 Å². The second-order valence-electron chi connectivity index (χ2n) is 7.46. The summed E-state index contributed by atoms with van der Waals surface area (Å²) in [7, 11) is -3.93. The first-order valence-corrected chi connectivity index (χ1v) is 11.1. The van der Waals surface area contributed by atoms with Crippen molar-refractivity contribution in [1.29, 1.82) is 0 Å². The number of nitrogens with one attached hydrogen (secondary N) is 1. The Morgan fingerprint density at radius 2 is 1.50 bits per heavy atom. The molecule has 3 aromatic rings. The molecule has 30 heavy (non-hydrogen) atoms. The van der Waals surface area contributed by atoms with E-state index in [1.807, 2.05) is 52.0 Å². The fourth-order valence-electron chi connectivity index (χ4n) is 3.07. The average Bonchev–Trinajstić information content (AvgIpc) is 2.70. The SMILES string of the molecule is Cc1ccc(S(=O)(=O)N(CC(=O)Nc2ccccc2C)c2ccc(C)c(C)c2)cc1. The summed E-state index contributed by atoms with van der Waals surface area (Å²) in [5, 5.41) is 2.82. The van der Waals surface area contributed by atoms with Gasteiger partial charge in [-0.1, -0.05) is 42.0 Å². The third kappa shape index (κ3) is 4.71. The minimum absolute atomic E-state index is 0.148. The lowest BCUT2D eigenvalue weighted by Gasteiger charge is -2.25. The van der Waals surface area contributed by atoms with Crippen LogP contribution in [0.3, 0.4) is 0 Å². The van der Waals surface area contributed by atoms with E-state index in [0.717, 1.165) is 26.6 Å². The standard InChI is InChI=1S/C24H26N2O3S/c1-17-9-13-22(14-10-17)30(28,29)26(21-12-11-18(2)20(4)15-21)16-24(27)25-23-8-6-5-7-19(23)3/h5-15H,16H2,1-4H3,(H,25,27). The summed E-state index contributed by atoms with van der Waals surface area (Å²) >= 11 is 0. The Morgan fingerprint density at radius 3 is 2.13 bits per heavy atom. The highest BCUT2D eigenvalue weighted by atomic mass is 32.2. The number of aryl methyl sites for hydroxylation is 4. The zero-order chi connectivity index (χ0) is 21.9. The molecule has 0 heterocycles. The van der Waals surface area contributed by atoms with E-state index in [-0.39, 0.29) is 11.4 Å². The summed E-state index contributed by atoms with van der Waals surface area (Å²) in [5.74, 6) is -0.404. The van der Waals surface area contributed by atoms with Crippen LogP contribution in [0.25, 0.3) is 0 Å². The third-order valence-electron chi connectivity index (χ3n) is 5.09. The van der Waals surface area contributed by atoms with Gasteiger partial charge in [0.25, 0.3) is 10.0 Å². The maximum absolute atomic E-state index is 13.4. The van der Waals surface area contributed by atoms with Crippen molar-refractivity contribution in [3.63, 3.8) is 0 Å². The van der Waals surface area contributed by atoms with Crippen molar-refractivity contribution in [2.45, 2.75) is 32.6 Å². The number of carbonyl (C=O) groups excluding carboxylic acids is 1. The Hall–Kier alpha value is -3.12. The number of hydrogen-bond donors (Lipinski definition) is 1. The van der Waals surface area contributed by atoms with Crippen LogP contribution in [0.1, 0.15) is 22.3 Å². The molecule has 0 saturated heterocycles. The first-order valence-electron chi connectivity index (χ1n) is 9.70. The molecule has 0 spiro atoms. The summed E-state index contributed by atoms with van der Waals surface area (Å²) in [5.41, 5.74) is 4.99. The average molecular weight is 423 g/mol. The molecular weight excluding hydrogens is 396 g/mol. The van der Waals surface area contributed by atoms with Crippen molar-refractivity contribution in [2.24, 2.45) is 0 Å². The summed E-state index contributed by atoms with van der Waals surface area (Å²) in [6, 6.07) is 19.4. The van der Waals surface area contributed by atoms with Gasteiger partial charge < -0.3 is 5.32 Å². The van der Waals surface area contributed by atoms with Crippen molar-refractivity contribution >= 4 is 27.3 Å². The number of benzene rings is 3. The molecule has 0 bridgehead atoms. The topological polar surface area (TPSA) is 66.5 Å². The molecule has 0 aliphatic carbocycles. The Kier molecular flexibility index (Phi) is 6.27. The molecule has 0 aliphatic rings. The van der Waals surface area contributed by atoms with Crippen molar-refractivity contribution in [2.75, 3.05) is 16.2 Å². The number of para-hydroxylation sites is 1. The fraction of sp³-hybridized carbons (Fsp3) is 0.208. The van der Waals surface area contributed by atoms with Crippen LogP contribution >= 0.6 is 0 Å². The van der Waals surface area contributed by atoms with Gasteiger partial charge in [0.15, 0.2) is 0 Å². The Bertz CT molecular complexity index is 1170. The van der Waals surface area contributed by atoms with Crippen molar-refractivity contribution in [3.8, 4) is 0 Å². The first kappa shape index (κ1) is 21.6. The van der Waals surface area contributed by atoms with Gasteiger partial charge in [-0.25, -0.2) is 8.42 Å². The van der Waals surface area contributed by atoms with Crippen LogP contribution in [-0.2, 0) is 14.8 Å². The van der Waals surface area contributed by atoms with Gasteiger partial charge in [0.05, 0.1) is 10.6 Å². The van der Waals surface area contributed by atoms with Crippen molar-refractivity contribution in [3.05, 3.63) is 89.0 Å². The van der Waals surface area contributed by atoms with Crippen LogP contribution in [0.5, 0.6) is 0 Å². The van der Waals surface area contributed by atoms with E-state index in [9.17, 15) is 13.2 Å². The Morgan fingerprint density at radius 1 is 0.833 bits per heavy atom. The molecule has 0 aliphatic heterocycles. The normalized spacial score (nSPS) is 11.2. The molecule has 0 fully saturated rings. The van der Waals surface area contributed by atoms with E-state index >= 15 is 0 Å². The van der Waals surface area contributed by atoms with E-state index in [2.05, 4.69) is 5.32 Å². The largest absolute Gasteiger partial charge is 0.324 e. The summed E-state index contributed by atoms with van der Waals surface area (Å²) in [4.78, 5) is 13.0. The molecule has 6 heteroatoms. The van der Waals surface area contributed by atoms with E-state index < -0.39 is 15.9 Å². The van der Waals surface area contributed by atoms with E-state index in [1.54, 1.807) is 42.5 Å². The van der Waals surface area contributed by atoms with Gasteiger partial charge in [-0.3, -0.25) is 9.10 Å². The minimum atomic E-state index is -3.93. The number of nitrogens with zero attached hydrogens (tertiary/aromatic N) is 1. The predicted molar refractivity (Wildman–Crippen MR) is 121 cm³/mol. The van der Waals surface area contributed by atoms with Crippen LogP contribution in [0.15, 0.2) is 71.6 Å². The lowest BCUT2D eigenvalue weighted by molar-refractivity contribution is -0.114. The monoisotopic (exact) mass is 422 g/mol. The molecule has 1 amide bonds. The lowest BCUT2D eigenvalue weighted by Crippen LogP contribution is -2.38. The van der Waals surface area contributed by atoms with Crippen LogP contribution < -0.4 is 9.62 Å². The predicted octanol–water partition coefficient (Wildman–Crippen LogP) is 4.75. The van der Waals surface area contributed by atoms with Gasteiger partial charge in [-0.2, -0.15) is 0 Å². The van der Waals surface area contributed by atoms with Gasteiger partial charge >= 0.3 is 0 Å². The molecule has 156 valence electrons. The van der Waals surface area contributed by atoms with Crippen LogP contribution in [-0.4, -0.2) is 20.9 Å². The van der Waals surface area contributed by atoms with E-state index in [0.29, 0.717) is 11.4 Å². The molecule has 0 saturated carbocycles. The Balaban J connectivity index is 1.99. The molecule has 3 aromatic carbocycles. The Labute approximate surface area is 178 Å². The maximum atomic E-state index is 13.4. The van der Waals surface area contributed by atoms with Gasteiger partial charge in [0, 0.05) is 5.69 Å². The van der Waals surface area contributed by atoms with Crippen LogP contribution in [0.4, 0.5) is 11.4 Å². The molecule has 1 N–H and O–H groups in total. The number of sulfonamides is 1.